The van der Waals surface area contributed by atoms with Crippen molar-refractivity contribution in [2.24, 2.45) is 4.99 Å². The molecule has 0 atom stereocenters. The molecule has 0 aliphatic carbocycles. The molecule has 0 saturated carbocycles. The fraction of sp³-hybridized carbons (Fsp3) is 0.909. The summed E-state index contributed by atoms with van der Waals surface area (Å²) in [4.78, 5) is 9.01. The van der Waals surface area contributed by atoms with E-state index in [1.54, 1.807) is 0 Å². The van der Waals surface area contributed by atoms with Crippen LogP contribution in [-0.4, -0.2) is 57.6 Å². The standard InChI is InChI=1S/C11H25N3Si/c1-12-11-13(2)8-9-14(11)7-6-10-15(3,4)5/h6-10H2,1-5H3/b12-11-. The Bertz CT molecular complexity index is 232. The third-order valence-corrected chi connectivity index (χ3v) is 4.74. The second-order valence-corrected chi connectivity index (χ2v) is 11.2. The van der Waals surface area contributed by atoms with E-state index in [4.69, 9.17) is 0 Å². The van der Waals surface area contributed by atoms with Gasteiger partial charge in [-0.3, -0.25) is 4.99 Å². The lowest BCUT2D eigenvalue weighted by atomic mass is 10.4. The van der Waals surface area contributed by atoms with Crippen LogP contribution in [0, 0.1) is 0 Å². The summed E-state index contributed by atoms with van der Waals surface area (Å²) >= 11 is 0. The molecule has 1 fully saturated rings. The number of rotatable bonds is 4. The van der Waals surface area contributed by atoms with Crippen LogP contribution in [0.5, 0.6) is 0 Å². The molecular weight excluding hydrogens is 202 g/mol. The lowest BCUT2D eigenvalue weighted by molar-refractivity contribution is 0.458. The summed E-state index contributed by atoms with van der Waals surface area (Å²) in [5.41, 5.74) is 0. The number of hydrogen-bond donors (Lipinski definition) is 0. The number of nitrogens with zero attached hydrogens (tertiary/aromatic N) is 3. The van der Waals surface area contributed by atoms with Crippen LogP contribution in [0.1, 0.15) is 6.42 Å². The predicted molar refractivity (Wildman–Crippen MR) is 70.3 cm³/mol. The van der Waals surface area contributed by atoms with E-state index in [-0.39, 0.29) is 0 Å². The highest BCUT2D eigenvalue weighted by atomic mass is 28.3. The first-order chi connectivity index (χ1) is 6.94. The molecule has 1 heterocycles. The Balaban J connectivity index is 2.34. The first-order valence-corrected chi connectivity index (χ1v) is 9.57. The van der Waals surface area contributed by atoms with E-state index < -0.39 is 8.07 Å². The molecule has 0 radical (unpaired) electrons. The topological polar surface area (TPSA) is 18.8 Å². The lowest BCUT2D eigenvalue weighted by Crippen LogP contribution is -2.33. The Labute approximate surface area is 95.2 Å². The summed E-state index contributed by atoms with van der Waals surface area (Å²) < 4.78 is 0. The molecule has 0 aromatic heterocycles. The van der Waals surface area contributed by atoms with E-state index in [2.05, 4.69) is 41.5 Å². The molecule has 0 bridgehead atoms. The molecule has 1 aliphatic heterocycles. The van der Waals surface area contributed by atoms with Crippen LogP contribution in [0.2, 0.25) is 25.7 Å². The van der Waals surface area contributed by atoms with Crippen molar-refractivity contribution in [1.82, 2.24) is 9.80 Å². The van der Waals surface area contributed by atoms with E-state index in [1.165, 1.54) is 25.0 Å². The van der Waals surface area contributed by atoms with Crippen molar-refractivity contribution < 1.29 is 0 Å². The van der Waals surface area contributed by atoms with Gasteiger partial charge in [0.15, 0.2) is 5.96 Å². The average Bonchev–Trinajstić information content (AvgIpc) is 2.44. The minimum absolute atomic E-state index is 0.859. The number of likely N-dealkylation sites (N-methyl/N-ethyl adjacent to an activating group) is 1. The minimum atomic E-state index is -0.859. The number of aliphatic imine (C=N–C) groups is 1. The maximum Gasteiger partial charge on any atom is 0.196 e. The van der Waals surface area contributed by atoms with Gasteiger partial charge in [0.2, 0.25) is 0 Å². The Morgan fingerprint density at radius 3 is 2.47 bits per heavy atom. The van der Waals surface area contributed by atoms with Crippen molar-refractivity contribution in [3.63, 3.8) is 0 Å². The van der Waals surface area contributed by atoms with Gasteiger partial charge in [0.05, 0.1) is 0 Å². The molecule has 0 spiro atoms. The molecule has 1 aliphatic rings. The van der Waals surface area contributed by atoms with E-state index in [1.807, 2.05) is 7.05 Å². The Hall–Kier alpha value is -0.513. The van der Waals surface area contributed by atoms with E-state index in [9.17, 15) is 0 Å². The van der Waals surface area contributed by atoms with Gasteiger partial charge in [-0.15, -0.1) is 0 Å². The number of hydrogen-bond acceptors (Lipinski definition) is 1. The van der Waals surface area contributed by atoms with Crippen molar-refractivity contribution in [2.45, 2.75) is 32.1 Å². The highest BCUT2D eigenvalue weighted by Crippen LogP contribution is 2.13. The van der Waals surface area contributed by atoms with Gasteiger partial charge in [-0.1, -0.05) is 25.7 Å². The molecule has 4 heteroatoms. The smallest absolute Gasteiger partial charge is 0.196 e. The van der Waals surface area contributed by atoms with Crippen LogP contribution < -0.4 is 0 Å². The monoisotopic (exact) mass is 227 g/mol. The molecule has 1 rings (SSSR count). The molecular formula is C11H25N3Si. The Kier molecular flexibility index (Phi) is 4.19. The van der Waals surface area contributed by atoms with Crippen LogP contribution in [-0.2, 0) is 0 Å². The second kappa shape index (κ2) is 5.01. The zero-order valence-corrected chi connectivity index (χ0v) is 11.9. The molecule has 0 amide bonds. The highest BCUT2D eigenvalue weighted by molar-refractivity contribution is 6.76. The molecule has 88 valence electrons. The van der Waals surface area contributed by atoms with Crippen LogP contribution in [0.15, 0.2) is 4.99 Å². The molecule has 3 nitrogen and oxygen atoms in total. The SMILES string of the molecule is C/N=C1/N(C)CCN1CCC[Si](C)(C)C. The predicted octanol–water partition coefficient (Wildman–Crippen LogP) is 1.95. The van der Waals surface area contributed by atoms with Crippen LogP contribution in [0.25, 0.3) is 0 Å². The zero-order chi connectivity index (χ0) is 11.5. The maximum atomic E-state index is 4.34. The summed E-state index contributed by atoms with van der Waals surface area (Å²) in [6, 6.07) is 1.42. The maximum absolute atomic E-state index is 4.34. The van der Waals surface area contributed by atoms with Gasteiger partial charge in [-0.2, -0.15) is 0 Å². The summed E-state index contributed by atoms with van der Waals surface area (Å²) in [7, 11) is 3.16. The molecule has 0 aromatic carbocycles. The van der Waals surface area contributed by atoms with Gasteiger partial charge in [-0.05, 0) is 6.42 Å². The first-order valence-electron chi connectivity index (χ1n) is 5.87. The van der Waals surface area contributed by atoms with Gasteiger partial charge in [0.1, 0.15) is 0 Å². The fourth-order valence-corrected chi connectivity index (χ4v) is 3.26. The third kappa shape index (κ3) is 3.85. The average molecular weight is 227 g/mol. The molecule has 0 N–H and O–H groups in total. The van der Waals surface area contributed by atoms with E-state index in [0.29, 0.717) is 0 Å². The summed E-state index contributed by atoms with van der Waals surface area (Å²) in [5.74, 6) is 1.17. The second-order valence-electron chi connectivity index (χ2n) is 5.60. The largest absolute Gasteiger partial charge is 0.344 e. The quantitative estimate of drug-likeness (QED) is 0.684. The van der Waals surface area contributed by atoms with Gasteiger partial charge >= 0.3 is 0 Å². The zero-order valence-electron chi connectivity index (χ0n) is 10.9. The van der Waals surface area contributed by atoms with Crippen LogP contribution in [0.4, 0.5) is 0 Å². The number of guanidine groups is 1. The van der Waals surface area contributed by atoms with Crippen LogP contribution >= 0.6 is 0 Å². The first kappa shape index (κ1) is 12.6. The van der Waals surface area contributed by atoms with Crippen molar-refractivity contribution in [3.05, 3.63) is 0 Å². The van der Waals surface area contributed by atoms with Gasteiger partial charge in [-0.25, -0.2) is 0 Å². The molecule has 15 heavy (non-hydrogen) atoms. The summed E-state index contributed by atoms with van der Waals surface area (Å²) in [6.07, 6.45) is 1.32. The van der Waals surface area contributed by atoms with E-state index >= 15 is 0 Å². The van der Waals surface area contributed by atoms with Crippen molar-refractivity contribution in [1.29, 1.82) is 0 Å². The van der Waals surface area contributed by atoms with Gasteiger partial charge < -0.3 is 9.80 Å². The van der Waals surface area contributed by atoms with E-state index in [0.717, 1.165) is 13.1 Å². The molecule has 1 saturated heterocycles. The Morgan fingerprint density at radius 1 is 1.27 bits per heavy atom. The van der Waals surface area contributed by atoms with Gasteiger partial charge in [0, 0.05) is 41.8 Å². The molecule has 0 unspecified atom stereocenters. The third-order valence-electron chi connectivity index (χ3n) is 2.88. The minimum Gasteiger partial charge on any atom is -0.344 e. The molecule has 0 aromatic rings. The summed E-state index contributed by atoms with van der Waals surface area (Å²) in [5, 5.41) is 0. The fourth-order valence-electron chi connectivity index (χ4n) is 2.04. The Morgan fingerprint density at radius 2 is 1.93 bits per heavy atom. The lowest BCUT2D eigenvalue weighted by Gasteiger charge is -2.22. The van der Waals surface area contributed by atoms with Crippen molar-refractivity contribution >= 4 is 14.0 Å². The highest BCUT2D eigenvalue weighted by Gasteiger charge is 2.22. The summed E-state index contributed by atoms with van der Waals surface area (Å²) in [6.45, 7) is 10.8. The normalized spacial score (nSPS) is 20.5. The van der Waals surface area contributed by atoms with Crippen molar-refractivity contribution in [2.75, 3.05) is 33.7 Å². The van der Waals surface area contributed by atoms with Crippen LogP contribution in [0.3, 0.4) is 0 Å². The van der Waals surface area contributed by atoms with Crippen molar-refractivity contribution in [3.8, 4) is 0 Å². The van der Waals surface area contributed by atoms with Gasteiger partial charge in [0.25, 0.3) is 0 Å².